The van der Waals surface area contributed by atoms with Crippen LogP contribution < -0.4 is 11.3 Å². The Balaban J connectivity index is 2.49. The second kappa shape index (κ2) is 4.33. The van der Waals surface area contributed by atoms with Gasteiger partial charge < -0.3 is 5.43 Å². The Morgan fingerprint density at radius 1 is 1.25 bits per heavy atom. The third kappa shape index (κ3) is 1.80. The van der Waals surface area contributed by atoms with Crippen LogP contribution in [0.4, 0.5) is 5.82 Å². The zero-order valence-electron chi connectivity index (χ0n) is 8.25. The zero-order chi connectivity index (χ0) is 11.4. The topological polar surface area (TPSA) is 101 Å². The summed E-state index contributed by atoms with van der Waals surface area (Å²) in [7, 11) is 0. The highest BCUT2D eigenvalue weighted by molar-refractivity contribution is 5.61. The molecule has 6 heteroatoms. The normalized spacial score (nSPS) is 9.50. The Kier molecular flexibility index (Phi) is 2.71. The van der Waals surface area contributed by atoms with Gasteiger partial charge in [-0.15, -0.1) is 0 Å². The van der Waals surface area contributed by atoms with Gasteiger partial charge in [0.2, 0.25) is 0 Å². The van der Waals surface area contributed by atoms with E-state index in [1.54, 1.807) is 30.7 Å². The smallest absolute Gasteiger partial charge is 0.158 e. The van der Waals surface area contributed by atoms with Crippen LogP contribution in [0.15, 0.2) is 30.7 Å². The summed E-state index contributed by atoms with van der Waals surface area (Å²) in [5, 5.41) is 8.80. The van der Waals surface area contributed by atoms with Crippen LogP contribution >= 0.6 is 0 Å². The molecule has 2 rings (SSSR count). The highest BCUT2D eigenvalue weighted by Gasteiger charge is 2.06. The molecule has 0 saturated heterocycles. The predicted molar refractivity (Wildman–Crippen MR) is 57.8 cm³/mol. The number of pyridine rings is 1. The standard InChI is InChI=1S/C10H8N6/c11-5-7-1-2-8(15-10(7)16-12)9-6-13-3-4-14-9/h1-4,6H,12H2,(H,15,16). The second-order valence-corrected chi connectivity index (χ2v) is 2.94. The number of anilines is 1. The first-order valence-electron chi connectivity index (χ1n) is 4.49. The lowest BCUT2D eigenvalue weighted by Crippen LogP contribution is -2.10. The molecule has 0 aromatic carbocycles. The van der Waals surface area contributed by atoms with Gasteiger partial charge >= 0.3 is 0 Å². The molecule has 0 amide bonds. The molecule has 6 nitrogen and oxygen atoms in total. The van der Waals surface area contributed by atoms with E-state index in [0.29, 0.717) is 22.8 Å². The van der Waals surface area contributed by atoms with Gasteiger partial charge in [0.05, 0.1) is 17.5 Å². The summed E-state index contributed by atoms with van der Waals surface area (Å²) >= 11 is 0. The Morgan fingerprint density at radius 3 is 2.75 bits per heavy atom. The number of aromatic nitrogens is 3. The maximum Gasteiger partial charge on any atom is 0.158 e. The van der Waals surface area contributed by atoms with Crippen molar-refractivity contribution < 1.29 is 0 Å². The lowest BCUT2D eigenvalue weighted by molar-refractivity contribution is 1.16. The number of nitrogen functional groups attached to an aromatic ring is 1. The molecule has 2 heterocycles. The van der Waals surface area contributed by atoms with Crippen molar-refractivity contribution in [2.24, 2.45) is 5.84 Å². The number of rotatable bonds is 2. The Bertz CT molecular complexity index is 531. The predicted octanol–water partition coefficient (Wildman–Crippen LogP) is 0.696. The maximum absolute atomic E-state index is 8.80. The van der Waals surface area contributed by atoms with Crippen molar-refractivity contribution >= 4 is 5.82 Å². The molecule has 0 bridgehead atoms. The minimum Gasteiger partial charge on any atom is -0.307 e. The van der Waals surface area contributed by atoms with Crippen LogP contribution in [-0.2, 0) is 0 Å². The van der Waals surface area contributed by atoms with E-state index >= 15 is 0 Å². The first kappa shape index (κ1) is 10.0. The molecule has 0 saturated carbocycles. The third-order valence-corrected chi connectivity index (χ3v) is 1.98. The van der Waals surface area contributed by atoms with Crippen LogP contribution in [0.3, 0.4) is 0 Å². The van der Waals surface area contributed by atoms with Gasteiger partial charge in [-0.25, -0.2) is 10.8 Å². The fourth-order valence-electron chi connectivity index (χ4n) is 1.23. The van der Waals surface area contributed by atoms with Gasteiger partial charge in [0.15, 0.2) is 5.82 Å². The van der Waals surface area contributed by atoms with E-state index in [1.807, 2.05) is 6.07 Å². The number of hydrazine groups is 1. The summed E-state index contributed by atoms with van der Waals surface area (Å²) in [6.45, 7) is 0. The molecule has 0 aliphatic heterocycles. The van der Waals surface area contributed by atoms with Crippen LogP contribution in [0.5, 0.6) is 0 Å². The quantitative estimate of drug-likeness (QED) is 0.561. The molecule has 2 aromatic rings. The van der Waals surface area contributed by atoms with E-state index in [4.69, 9.17) is 11.1 Å². The number of nitrogens with two attached hydrogens (primary N) is 1. The molecule has 2 aromatic heterocycles. The van der Waals surface area contributed by atoms with Crippen LogP contribution in [0.2, 0.25) is 0 Å². The van der Waals surface area contributed by atoms with E-state index in [-0.39, 0.29) is 0 Å². The number of nitriles is 1. The second-order valence-electron chi connectivity index (χ2n) is 2.94. The minimum atomic E-state index is 0.325. The molecular weight excluding hydrogens is 204 g/mol. The average Bonchev–Trinajstić information content (AvgIpc) is 2.39. The van der Waals surface area contributed by atoms with Gasteiger partial charge in [0, 0.05) is 12.4 Å². The van der Waals surface area contributed by atoms with Gasteiger partial charge in [-0.2, -0.15) is 5.26 Å². The molecule has 0 spiro atoms. The first-order chi connectivity index (χ1) is 7.85. The molecule has 0 aliphatic rings. The Hall–Kier alpha value is -2.52. The van der Waals surface area contributed by atoms with Crippen LogP contribution in [0.1, 0.15) is 5.56 Å². The molecule has 78 valence electrons. The van der Waals surface area contributed by atoms with Crippen molar-refractivity contribution in [1.82, 2.24) is 15.0 Å². The van der Waals surface area contributed by atoms with Crippen molar-refractivity contribution in [2.75, 3.05) is 5.43 Å². The number of nitrogens with zero attached hydrogens (tertiary/aromatic N) is 4. The van der Waals surface area contributed by atoms with E-state index in [1.165, 1.54) is 0 Å². The van der Waals surface area contributed by atoms with E-state index in [0.717, 1.165) is 0 Å². The maximum atomic E-state index is 8.80. The van der Waals surface area contributed by atoms with Crippen molar-refractivity contribution in [3.63, 3.8) is 0 Å². The summed E-state index contributed by atoms with van der Waals surface area (Å²) in [6.07, 6.45) is 4.74. The summed E-state index contributed by atoms with van der Waals surface area (Å²) in [5.74, 6) is 5.60. The van der Waals surface area contributed by atoms with Crippen LogP contribution in [0.25, 0.3) is 11.4 Å². The lowest BCUT2D eigenvalue weighted by atomic mass is 10.2. The SMILES string of the molecule is N#Cc1ccc(-c2cnccn2)nc1NN. The average molecular weight is 212 g/mol. The van der Waals surface area contributed by atoms with Crippen molar-refractivity contribution in [3.8, 4) is 17.5 Å². The minimum absolute atomic E-state index is 0.325. The highest BCUT2D eigenvalue weighted by Crippen LogP contribution is 2.18. The van der Waals surface area contributed by atoms with Crippen molar-refractivity contribution in [1.29, 1.82) is 5.26 Å². The van der Waals surface area contributed by atoms with E-state index in [2.05, 4.69) is 20.4 Å². The monoisotopic (exact) mass is 212 g/mol. The molecule has 0 radical (unpaired) electrons. The summed E-state index contributed by atoms with van der Waals surface area (Å²) in [4.78, 5) is 12.2. The van der Waals surface area contributed by atoms with Crippen LogP contribution in [-0.4, -0.2) is 15.0 Å². The largest absolute Gasteiger partial charge is 0.307 e. The first-order valence-corrected chi connectivity index (χ1v) is 4.49. The van der Waals surface area contributed by atoms with Crippen LogP contribution in [0, 0.1) is 11.3 Å². The van der Waals surface area contributed by atoms with Crippen molar-refractivity contribution in [3.05, 3.63) is 36.3 Å². The van der Waals surface area contributed by atoms with Crippen molar-refractivity contribution in [2.45, 2.75) is 0 Å². The fourth-order valence-corrected chi connectivity index (χ4v) is 1.23. The molecule has 16 heavy (non-hydrogen) atoms. The van der Waals surface area contributed by atoms with E-state index < -0.39 is 0 Å². The summed E-state index contributed by atoms with van der Waals surface area (Å²) < 4.78 is 0. The van der Waals surface area contributed by atoms with Gasteiger partial charge in [-0.3, -0.25) is 9.97 Å². The molecule has 0 unspecified atom stereocenters. The molecular formula is C10H8N6. The molecule has 0 fully saturated rings. The van der Waals surface area contributed by atoms with E-state index in [9.17, 15) is 0 Å². The number of hydrogen-bond donors (Lipinski definition) is 2. The summed E-state index contributed by atoms with van der Waals surface area (Å²) in [5.41, 5.74) is 4.00. The number of nitrogens with one attached hydrogen (secondary N) is 1. The van der Waals surface area contributed by atoms with Gasteiger partial charge in [0.1, 0.15) is 11.8 Å². The zero-order valence-corrected chi connectivity index (χ0v) is 8.25. The number of hydrogen-bond acceptors (Lipinski definition) is 6. The summed E-state index contributed by atoms with van der Waals surface area (Å²) in [6, 6.07) is 5.31. The lowest BCUT2D eigenvalue weighted by Gasteiger charge is -2.04. The Morgan fingerprint density at radius 2 is 2.12 bits per heavy atom. The fraction of sp³-hybridized carbons (Fsp3) is 0. The molecule has 3 N–H and O–H groups in total. The Labute approximate surface area is 91.8 Å². The van der Waals surface area contributed by atoms with Gasteiger partial charge in [-0.05, 0) is 12.1 Å². The van der Waals surface area contributed by atoms with Gasteiger partial charge in [0.25, 0.3) is 0 Å². The molecule has 0 aliphatic carbocycles. The molecule has 0 atom stereocenters. The highest BCUT2D eigenvalue weighted by atomic mass is 15.3. The third-order valence-electron chi connectivity index (χ3n) is 1.98. The van der Waals surface area contributed by atoms with Gasteiger partial charge in [-0.1, -0.05) is 0 Å².